The van der Waals surface area contributed by atoms with Crippen molar-refractivity contribution in [2.24, 2.45) is 5.73 Å². The molecule has 230 valence electrons. The standard InChI is InChI=1S/C20H18Cl2N2O3S.2C2HF3O2/c1-28(26,27)15-4-2-3-12(9-15)14-6-8-18(24-11-14)20(25)19(23)13-5-7-16(21)17(22)10-13;2*3-2(4,5)1(6)7/h2-11,19-20,25H,23H2,1H3;2*(H,6,7)/t19-,20-;;/m1../s1. The van der Waals surface area contributed by atoms with Crippen molar-refractivity contribution >= 4 is 45.0 Å². The molecule has 5 N–H and O–H groups in total. The second-order valence-corrected chi connectivity index (χ2v) is 10.9. The highest BCUT2D eigenvalue weighted by Gasteiger charge is 2.38. The van der Waals surface area contributed by atoms with Crippen molar-refractivity contribution in [3.05, 3.63) is 82.1 Å². The molecule has 0 fully saturated rings. The number of nitrogens with two attached hydrogens (primary N) is 1. The summed E-state index contributed by atoms with van der Waals surface area (Å²) in [7, 11) is -3.30. The number of rotatable bonds is 5. The molecule has 9 nitrogen and oxygen atoms in total. The first-order valence-electron chi connectivity index (χ1n) is 10.8. The fourth-order valence-corrected chi connectivity index (χ4v) is 3.72. The molecule has 0 amide bonds. The van der Waals surface area contributed by atoms with Crippen molar-refractivity contribution in [1.82, 2.24) is 4.98 Å². The fourth-order valence-electron chi connectivity index (χ4n) is 2.74. The zero-order valence-corrected chi connectivity index (χ0v) is 23.2. The second kappa shape index (κ2) is 14.6. The predicted octanol–water partition coefficient (Wildman–Crippen LogP) is 5.46. The summed E-state index contributed by atoms with van der Waals surface area (Å²) in [5.74, 6) is -5.51. The Labute approximate surface area is 244 Å². The van der Waals surface area contributed by atoms with Crippen LogP contribution in [0.2, 0.25) is 10.0 Å². The lowest BCUT2D eigenvalue weighted by Crippen LogP contribution is -2.21. The first-order chi connectivity index (χ1) is 19.1. The second-order valence-electron chi connectivity index (χ2n) is 8.02. The van der Waals surface area contributed by atoms with Crippen molar-refractivity contribution < 1.29 is 59.7 Å². The number of benzene rings is 2. The summed E-state index contributed by atoms with van der Waals surface area (Å²) in [6.45, 7) is 0. The normalized spacial score (nSPS) is 13.0. The Balaban J connectivity index is 0.000000522. The summed E-state index contributed by atoms with van der Waals surface area (Å²) in [4.78, 5) is 22.3. The van der Waals surface area contributed by atoms with Gasteiger partial charge in [0, 0.05) is 18.0 Å². The molecule has 3 aromatic rings. The van der Waals surface area contributed by atoms with Gasteiger partial charge in [-0.3, -0.25) is 4.98 Å². The van der Waals surface area contributed by atoms with Gasteiger partial charge in [0.05, 0.1) is 26.7 Å². The van der Waals surface area contributed by atoms with E-state index in [1.807, 2.05) is 0 Å². The van der Waals surface area contributed by atoms with Crippen molar-refractivity contribution in [2.45, 2.75) is 29.4 Å². The number of aliphatic carboxylic acids is 2. The average molecular weight is 665 g/mol. The van der Waals surface area contributed by atoms with Gasteiger partial charge in [-0.15, -0.1) is 0 Å². The topological polar surface area (TPSA) is 168 Å². The van der Waals surface area contributed by atoms with E-state index in [0.717, 1.165) is 11.8 Å². The third kappa shape index (κ3) is 11.4. The summed E-state index contributed by atoms with van der Waals surface area (Å²) in [6, 6.07) is 14.2. The van der Waals surface area contributed by atoms with Gasteiger partial charge >= 0.3 is 24.3 Å². The van der Waals surface area contributed by atoms with Gasteiger partial charge in [0.25, 0.3) is 0 Å². The Morgan fingerprint density at radius 1 is 0.857 bits per heavy atom. The Kier molecular flexibility index (Phi) is 12.8. The summed E-state index contributed by atoms with van der Waals surface area (Å²) < 4.78 is 86.9. The minimum absolute atomic E-state index is 0.232. The lowest BCUT2D eigenvalue weighted by atomic mass is 9.99. The van der Waals surface area contributed by atoms with E-state index in [1.165, 1.54) is 0 Å². The zero-order valence-electron chi connectivity index (χ0n) is 20.9. The van der Waals surface area contributed by atoms with Crippen molar-refractivity contribution in [1.29, 1.82) is 0 Å². The number of sulfone groups is 1. The number of carboxylic acid groups (broad SMARTS) is 2. The fraction of sp³-hybridized carbons (Fsp3) is 0.208. The van der Waals surface area contributed by atoms with Gasteiger partial charge in [-0.25, -0.2) is 18.0 Å². The van der Waals surface area contributed by atoms with E-state index < -0.39 is 46.3 Å². The molecular weight excluding hydrogens is 645 g/mol. The smallest absolute Gasteiger partial charge is 0.475 e. The maximum absolute atomic E-state index is 11.7. The molecule has 0 radical (unpaired) electrons. The van der Waals surface area contributed by atoms with Crippen LogP contribution in [-0.4, -0.2) is 59.3 Å². The summed E-state index contributed by atoms with van der Waals surface area (Å²) in [6.07, 6.45) is -8.48. The van der Waals surface area contributed by atoms with Crippen LogP contribution >= 0.6 is 23.2 Å². The molecule has 1 aromatic heterocycles. The summed E-state index contributed by atoms with van der Waals surface area (Å²) >= 11 is 11.9. The van der Waals surface area contributed by atoms with E-state index in [9.17, 15) is 39.9 Å². The molecule has 0 aliphatic heterocycles. The molecule has 1 heterocycles. The molecule has 0 bridgehead atoms. The van der Waals surface area contributed by atoms with E-state index in [-0.39, 0.29) is 4.90 Å². The maximum atomic E-state index is 11.7. The average Bonchev–Trinajstić information content (AvgIpc) is 2.88. The van der Waals surface area contributed by atoms with Gasteiger partial charge in [0.2, 0.25) is 0 Å². The molecule has 0 aliphatic rings. The Morgan fingerprint density at radius 3 is 1.79 bits per heavy atom. The molecule has 18 heteroatoms. The minimum Gasteiger partial charge on any atom is -0.475 e. The molecule has 0 saturated heterocycles. The van der Waals surface area contributed by atoms with Gasteiger partial charge in [0.1, 0.15) is 6.10 Å². The van der Waals surface area contributed by atoms with Crippen LogP contribution in [0, 0.1) is 0 Å². The molecule has 2 aromatic carbocycles. The number of hydrogen-bond donors (Lipinski definition) is 4. The number of carbonyl (C=O) groups is 2. The van der Waals surface area contributed by atoms with Crippen LogP contribution in [0.1, 0.15) is 23.4 Å². The van der Waals surface area contributed by atoms with Crippen LogP contribution in [0.25, 0.3) is 11.1 Å². The highest BCUT2D eigenvalue weighted by molar-refractivity contribution is 7.90. The quantitative estimate of drug-likeness (QED) is 0.259. The molecular formula is C24H20Cl2F6N2O7S. The van der Waals surface area contributed by atoms with Crippen LogP contribution in [0.15, 0.2) is 65.7 Å². The lowest BCUT2D eigenvalue weighted by molar-refractivity contribution is -0.193. The Morgan fingerprint density at radius 2 is 1.38 bits per heavy atom. The minimum atomic E-state index is -5.08. The Hall–Kier alpha value is -3.44. The van der Waals surface area contributed by atoms with Gasteiger partial charge < -0.3 is 21.1 Å². The SMILES string of the molecule is CS(=O)(=O)c1cccc(-c2ccc([C@@H](O)[C@H](N)c3ccc(Cl)c(Cl)c3)nc2)c1.O=C(O)C(F)(F)F.O=C(O)C(F)(F)F. The number of aromatic nitrogens is 1. The first kappa shape index (κ1) is 36.6. The Bertz CT molecular complexity index is 1480. The van der Waals surface area contributed by atoms with E-state index in [1.54, 1.807) is 60.8 Å². The molecule has 42 heavy (non-hydrogen) atoms. The number of aliphatic hydroxyl groups is 1. The van der Waals surface area contributed by atoms with Crippen molar-refractivity contribution in [3.63, 3.8) is 0 Å². The maximum Gasteiger partial charge on any atom is 0.490 e. The van der Waals surface area contributed by atoms with E-state index in [0.29, 0.717) is 26.9 Å². The largest absolute Gasteiger partial charge is 0.490 e. The summed E-state index contributed by atoms with van der Waals surface area (Å²) in [5.41, 5.74) is 8.61. The third-order valence-corrected chi connectivity index (χ3v) is 6.69. The number of alkyl halides is 6. The van der Waals surface area contributed by atoms with Crippen LogP contribution in [-0.2, 0) is 19.4 Å². The van der Waals surface area contributed by atoms with E-state index in [4.69, 9.17) is 48.7 Å². The molecule has 0 spiro atoms. The van der Waals surface area contributed by atoms with Crippen LogP contribution in [0.4, 0.5) is 26.3 Å². The number of pyridine rings is 1. The number of halogens is 8. The van der Waals surface area contributed by atoms with Crippen molar-refractivity contribution in [3.8, 4) is 11.1 Å². The number of hydrogen-bond acceptors (Lipinski definition) is 7. The van der Waals surface area contributed by atoms with Crippen molar-refractivity contribution in [2.75, 3.05) is 6.26 Å². The zero-order chi connectivity index (χ0) is 32.6. The number of carboxylic acids is 2. The first-order valence-corrected chi connectivity index (χ1v) is 13.5. The number of aliphatic hydroxyl groups excluding tert-OH is 1. The van der Waals surface area contributed by atoms with Gasteiger partial charge in [0.15, 0.2) is 9.84 Å². The molecule has 2 atom stereocenters. The van der Waals surface area contributed by atoms with Crippen LogP contribution in [0.5, 0.6) is 0 Å². The van der Waals surface area contributed by atoms with E-state index in [2.05, 4.69) is 4.98 Å². The highest BCUT2D eigenvalue weighted by atomic mass is 35.5. The summed E-state index contributed by atoms with van der Waals surface area (Å²) in [5, 5.41) is 25.6. The predicted molar refractivity (Wildman–Crippen MR) is 139 cm³/mol. The van der Waals surface area contributed by atoms with Crippen LogP contribution in [0.3, 0.4) is 0 Å². The lowest BCUT2D eigenvalue weighted by Gasteiger charge is -2.19. The molecule has 3 rings (SSSR count). The van der Waals surface area contributed by atoms with Gasteiger partial charge in [-0.05, 0) is 41.5 Å². The van der Waals surface area contributed by atoms with Gasteiger partial charge in [-0.2, -0.15) is 26.3 Å². The molecule has 0 saturated carbocycles. The monoisotopic (exact) mass is 664 g/mol. The van der Waals surface area contributed by atoms with E-state index >= 15 is 0 Å². The third-order valence-electron chi connectivity index (χ3n) is 4.84. The number of nitrogens with zero attached hydrogens (tertiary/aromatic N) is 1. The molecule has 0 aliphatic carbocycles. The highest BCUT2D eigenvalue weighted by Crippen LogP contribution is 2.31. The molecule has 0 unspecified atom stereocenters. The van der Waals surface area contributed by atoms with Crippen LogP contribution < -0.4 is 5.73 Å². The van der Waals surface area contributed by atoms with Gasteiger partial charge in [-0.1, -0.05) is 47.5 Å².